The summed E-state index contributed by atoms with van der Waals surface area (Å²) in [5.41, 5.74) is 1.48. The average Bonchev–Trinajstić information content (AvgIpc) is 2.59. The summed E-state index contributed by atoms with van der Waals surface area (Å²) in [6.07, 6.45) is 0.294. The summed E-state index contributed by atoms with van der Waals surface area (Å²) in [7, 11) is 1.60. The zero-order valence-electron chi connectivity index (χ0n) is 13.3. The van der Waals surface area contributed by atoms with Crippen LogP contribution in [-0.4, -0.2) is 32.0 Å². The van der Waals surface area contributed by atoms with E-state index >= 15 is 0 Å². The maximum Gasteiger partial charge on any atom is 0.252 e. The van der Waals surface area contributed by atoms with Crippen LogP contribution in [0.2, 0.25) is 0 Å². The molecule has 0 radical (unpaired) electrons. The second-order valence-corrected chi connectivity index (χ2v) is 5.96. The van der Waals surface area contributed by atoms with E-state index < -0.39 is 0 Å². The van der Waals surface area contributed by atoms with E-state index in [1.807, 2.05) is 36.4 Å². The lowest BCUT2D eigenvalue weighted by molar-refractivity contribution is -0.120. The second kappa shape index (κ2) is 9.08. The van der Waals surface area contributed by atoms with Crippen LogP contribution in [0, 0.1) is 0 Å². The van der Waals surface area contributed by atoms with Gasteiger partial charge in [-0.1, -0.05) is 24.3 Å². The maximum atomic E-state index is 12.0. The van der Waals surface area contributed by atoms with Crippen LogP contribution in [0.15, 0.2) is 53.0 Å². The number of amides is 2. The molecular formula is C18H19BrN2O3. The molecule has 2 aromatic rings. The zero-order chi connectivity index (χ0) is 17.4. The van der Waals surface area contributed by atoms with Gasteiger partial charge >= 0.3 is 0 Å². The van der Waals surface area contributed by atoms with E-state index in [-0.39, 0.29) is 11.8 Å². The van der Waals surface area contributed by atoms with Crippen LogP contribution in [0.4, 0.5) is 0 Å². The van der Waals surface area contributed by atoms with Gasteiger partial charge in [-0.3, -0.25) is 9.59 Å². The Balaban J connectivity index is 1.70. The van der Waals surface area contributed by atoms with E-state index in [9.17, 15) is 9.59 Å². The number of halogens is 1. The number of ether oxygens (including phenoxy) is 1. The van der Waals surface area contributed by atoms with Crippen LogP contribution >= 0.6 is 15.9 Å². The molecule has 2 aromatic carbocycles. The van der Waals surface area contributed by atoms with E-state index in [1.165, 1.54) is 0 Å². The predicted octanol–water partition coefficient (Wildman–Crippen LogP) is 2.55. The van der Waals surface area contributed by atoms with Crippen LogP contribution in [0.25, 0.3) is 0 Å². The molecule has 0 saturated heterocycles. The largest absolute Gasteiger partial charge is 0.497 e. The fourth-order valence-corrected chi connectivity index (χ4v) is 2.57. The molecule has 0 aliphatic carbocycles. The number of carbonyl (C=O) groups excluding carboxylic acids is 2. The third kappa shape index (κ3) is 5.38. The molecule has 0 atom stereocenters. The van der Waals surface area contributed by atoms with E-state index in [1.54, 1.807) is 19.2 Å². The topological polar surface area (TPSA) is 67.4 Å². The molecule has 2 rings (SSSR count). The van der Waals surface area contributed by atoms with E-state index in [2.05, 4.69) is 26.6 Å². The highest BCUT2D eigenvalue weighted by Gasteiger charge is 2.08. The number of nitrogens with one attached hydrogen (secondary N) is 2. The summed E-state index contributed by atoms with van der Waals surface area (Å²) in [5, 5.41) is 5.56. The third-order valence-corrected chi connectivity index (χ3v) is 4.07. The van der Waals surface area contributed by atoms with Gasteiger partial charge in [-0.15, -0.1) is 0 Å². The lowest BCUT2D eigenvalue weighted by Gasteiger charge is -2.08. The number of carbonyl (C=O) groups is 2. The normalized spacial score (nSPS) is 10.1. The van der Waals surface area contributed by atoms with Crippen molar-refractivity contribution in [2.24, 2.45) is 0 Å². The average molecular weight is 391 g/mol. The van der Waals surface area contributed by atoms with Crippen molar-refractivity contribution < 1.29 is 14.3 Å². The molecule has 0 bridgehead atoms. The monoisotopic (exact) mass is 390 g/mol. The van der Waals surface area contributed by atoms with Crippen molar-refractivity contribution in [2.75, 3.05) is 20.2 Å². The fourth-order valence-electron chi connectivity index (χ4n) is 2.11. The number of hydrogen-bond acceptors (Lipinski definition) is 3. The van der Waals surface area contributed by atoms with Crippen molar-refractivity contribution in [1.29, 1.82) is 0 Å². The number of benzene rings is 2. The highest BCUT2D eigenvalue weighted by atomic mass is 79.9. The molecule has 2 amide bonds. The lowest BCUT2D eigenvalue weighted by Crippen LogP contribution is -2.35. The van der Waals surface area contributed by atoms with E-state index in [0.717, 1.165) is 15.8 Å². The summed E-state index contributed by atoms with van der Waals surface area (Å²) in [5.74, 6) is 0.496. The highest BCUT2D eigenvalue weighted by molar-refractivity contribution is 9.10. The van der Waals surface area contributed by atoms with E-state index in [0.29, 0.717) is 25.1 Å². The van der Waals surface area contributed by atoms with Crippen LogP contribution in [-0.2, 0) is 11.2 Å². The first kappa shape index (κ1) is 18.0. The summed E-state index contributed by atoms with van der Waals surface area (Å²) in [6.45, 7) is 0.750. The van der Waals surface area contributed by atoms with E-state index in [4.69, 9.17) is 4.74 Å². The molecule has 6 heteroatoms. The lowest BCUT2D eigenvalue weighted by atomic mass is 10.1. The van der Waals surface area contributed by atoms with Crippen LogP contribution in [0.1, 0.15) is 15.9 Å². The molecule has 24 heavy (non-hydrogen) atoms. The molecule has 0 aliphatic rings. The number of rotatable bonds is 7. The van der Waals surface area contributed by atoms with Crippen molar-refractivity contribution in [3.8, 4) is 5.75 Å². The SMILES string of the molecule is COc1ccc(CC(=O)NCCNC(=O)c2ccccc2Br)cc1. The van der Waals surface area contributed by atoms with Crippen LogP contribution < -0.4 is 15.4 Å². The first-order valence-corrected chi connectivity index (χ1v) is 8.32. The molecule has 0 unspecified atom stereocenters. The molecule has 0 aliphatic heterocycles. The van der Waals surface area contributed by atoms with Gasteiger partial charge in [0, 0.05) is 17.6 Å². The van der Waals surface area contributed by atoms with Crippen molar-refractivity contribution in [2.45, 2.75) is 6.42 Å². The molecule has 126 valence electrons. The Labute approximate surface area is 149 Å². The Bertz CT molecular complexity index is 702. The molecule has 0 saturated carbocycles. The molecular weight excluding hydrogens is 372 g/mol. The minimum atomic E-state index is -0.174. The maximum absolute atomic E-state index is 12.0. The molecule has 5 nitrogen and oxygen atoms in total. The quantitative estimate of drug-likeness (QED) is 0.713. The summed E-state index contributed by atoms with van der Waals surface area (Å²) in [4.78, 5) is 23.9. The molecule has 0 fully saturated rings. The van der Waals surface area contributed by atoms with Gasteiger partial charge in [-0.05, 0) is 45.8 Å². The first-order valence-electron chi connectivity index (χ1n) is 7.52. The van der Waals surface area contributed by atoms with Crippen LogP contribution in [0.5, 0.6) is 5.75 Å². The Morgan fingerprint density at radius 1 is 1.00 bits per heavy atom. The minimum Gasteiger partial charge on any atom is -0.497 e. The van der Waals surface area contributed by atoms with Gasteiger partial charge in [0.25, 0.3) is 5.91 Å². The van der Waals surface area contributed by atoms with Gasteiger partial charge in [0.1, 0.15) is 5.75 Å². The third-order valence-electron chi connectivity index (χ3n) is 3.37. The Morgan fingerprint density at radius 2 is 1.67 bits per heavy atom. The molecule has 0 heterocycles. The first-order chi connectivity index (χ1) is 11.6. The van der Waals surface area contributed by atoms with Gasteiger partial charge in [0.15, 0.2) is 0 Å². The van der Waals surface area contributed by atoms with Gasteiger partial charge in [0.2, 0.25) is 5.91 Å². The summed E-state index contributed by atoms with van der Waals surface area (Å²) < 4.78 is 5.82. The van der Waals surface area contributed by atoms with Crippen molar-refractivity contribution in [3.05, 3.63) is 64.1 Å². The van der Waals surface area contributed by atoms with Crippen molar-refractivity contribution in [1.82, 2.24) is 10.6 Å². The Kier molecular flexibility index (Phi) is 6.81. The van der Waals surface area contributed by atoms with Crippen LogP contribution in [0.3, 0.4) is 0 Å². The van der Waals surface area contributed by atoms with Gasteiger partial charge in [0.05, 0.1) is 19.1 Å². The van der Waals surface area contributed by atoms with Gasteiger partial charge in [-0.2, -0.15) is 0 Å². The molecule has 2 N–H and O–H groups in total. The van der Waals surface area contributed by atoms with Crippen molar-refractivity contribution >= 4 is 27.7 Å². The Hall–Kier alpha value is -2.34. The van der Waals surface area contributed by atoms with Gasteiger partial charge in [-0.25, -0.2) is 0 Å². The highest BCUT2D eigenvalue weighted by Crippen LogP contribution is 2.15. The summed E-state index contributed by atoms with van der Waals surface area (Å²) >= 11 is 3.34. The van der Waals surface area contributed by atoms with Crippen molar-refractivity contribution in [3.63, 3.8) is 0 Å². The second-order valence-electron chi connectivity index (χ2n) is 5.11. The Morgan fingerprint density at radius 3 is 2.33 bits per heavy atom. The predicted molar refractivity (Wildman–Crippen MR) is 96.2 cm³/mol. The molecule has 0 aromatic heterocycles. The molecule has 0 spiro atoms. The standard InChI is InChI=1S/C18H19BrN2O3/c1-24-14-8-6-13(7-9-14)12-17(22)20-10-11-21-18(23)15-4-2-3-5-16(15)19/h2-9H,10-12H2,1H3,(H,20,22)(H,21,23). The number of hydrogen-bond donors (Lipinski definition) is 2. The smallest absolute Gasteiger partial charge is 0.252 e. The zero-order valence-corrected chi connectivity index (χ0v) is 14.9. The minimum absolute atomic E-state index is 0.0877. The van der Waals surface area contributed by atoms with Gasteiger partial charge < -0.3 is 15.4 Å². The number of methoxy groups -OCH3 is 1. The summed E-state index contributed by atoms with van der Waals surface area (Å²) in [6, 6.07) is 14.5. The fraction of sp³-hybridized carbons (Fsp3) is 0.222.